The number of nitrogens with zero attached hydrogens (tertiary/aromatic N) is 3. The second-order valence-electron chi connectivity index (χ2n) is 5.23. The largest absolute Gasteiger partial charge is 0.472 e. The van der Waals surface area contributed by atoms with Crippen LogP contribution in [0.4, 0.5) is 0 Å². The Hall–Kier alpha value is -1.65. The van der Waals surface area contributed by atoms with Gasteiger partial charge in [0.2, 0.25) is 5.88 Å². The summed E-state index contributed by atoms with van der Waals surface area (Å²) in [5, 5.41) is 0. The van der Waals surface area contributed by atoms with Crippen LogP contribution in [0.1, 0.15) is 17.7 Å². The standard InChI is InChI=1S/C16H18ClN3O/c17-8-14-9-19-16(10-18-14)21-15-6-7-20(12-15)11-13-4-2-1-3-5-13/h1-5,9-10,15H,6-8,11-12H2. The summed E-state index contributed by atoms with van der Waals surface area (Å²) in [5.41, 5.74) is 2.10. The highest BCUT2D eigenvalue weighted by Gasteiger charge is 2.24. The Morgan fingerprint density at radius 3 is 2.76 bits per heavy atom. The smallest absolute Gasteiger partial charge is 0.232 e. The topological polar surface area (TPSA) is 38.2 Å². The molecule has 1 aromatic heterocycles. The van der Waals surface area contributed by atoms with Crippen LogP contribution >= 0.6 is 11.6 Å². The van der Waals surface area contributed by atoms with Gasteiger partial charge in [0.1, 0.15) is 6.10 Å². The molecule has 4 nitrogen and oxygen atoms in total. The quantitative estimate of drug-likeness (QED) is 0.796. The zero-order chi connectivity index (χ0) is 14.5. The molecule has 21 heavy (non-hydrogen) atoms. The lowest BCUT2D eigenvalue weighted by atomic mass is 10.2. The lowest BCUT2D eigenvalue weighted by Crippen LogP contribution is -2.24. The summed E-state index contributed by atoms with van der Waals surface area (Å²) in [6, 6.07) is 10.5. The number of ether oxygens (including phenoxy) is 1. The van der Waals surface area contributed by atoms with Crippen LogP contribution in [0, 0.1) is 0 Å². The molecule has 1 saturated heterocycles. The number of alkyl halides is 1. The molecule has 0 N–H and O–H groups in total. The fourth-order valence-electron chi connectivity index (χ4n) is 2.52. The number of hydrogen-bond donors (Lipinski definition) is 0. The normalized spacial score (nSPS) is 18.8. The fourth-order valence-corrected chi connectivity index (χ4v) is 2.66. The molecule has 1 aliphatic rings. The summed E-state index contributed by atoms with van der Waals surface area (Å²) in [6.45, 7) is 2.94. The van der Waals surface area contributed by atoms with Crippen molar-refractivity contribution < 1.29 is 4.74 Å². The van der Waals surface area contributed by atoms with E-state index < -0.39 is 0 Å². The number of benzene rings is 1. The minimum atomic E-state index is 0.185. The monoisotopic (exact) mass is 303 g/mol. The van der Waals surface area contributed by atoms with Gasteiger partial charge in [-0.3, -0.25) is 9.88 Å². The Morgan fingerprint density at radius 2 is 2.05 bits per heavy atom. The van der Waals surface area contributed by atoms with Crippen LogP contribution in [0.15, 0.2) is 42.7 Å². The predicted octanol–water partition coefficient (Wildman–Crippen LogP) is 2.87. The highest BCUT2D eigenvalue weighted by Crippen LogP contribution is 2.18. The average molecular weight is 304 g/mol. The first-order valence-electron chi connectivity index (χ1n) is 7.13. The summed E-state index contributed by atoms with van der Waals surface area (Å²) in [4.78, 5) is 10.8. The summed E-state index contributed by atoms with van der Waals surface area (Å²) in [5.74, 6) is 0.956. The van der Waals surface area contributed by atoms with E-state index in [-0.39, 0.29) is 6.10 Å². The van der Waals surface area contributed by atoms with Gasteiger partial charge in [-0.1, -0.05) is 30.3 Å². The van der Waals surface area contributed by atoms with Crippen molar-refractivity contribution >= 4 is 11.6 Å². The molecule has 0 aliphatic carbocycles. The van der Waals surface area contributed by atoms with Gasteiger partial charge < -0.3 is 4.74 Å². The van der Waals surface area contributed by atoms with E-state index in [2.05, 4.69) is 39.1 Å². The molecule has 0 saturated carbocycles. The summed E-state index contributed by atoms with van der Waals surface area (Å²) >= 11 is 5.70. The predicted molar refractivity (Wildman–Crippen MR) is 82.3 cm³/mol. The van der Waals surface area contributed by atoms with Crippen LogP contribution < -0.4 is 4.74 Å². The molecule has 1 atom stereocenters. The average Bonchev–Trinajstić information content (AvgIpc) is 2.96. The summed E-state index contributed by atoms with van der Waals surface area (Å²) in [7, 11) is 0. The van der Waals surface area contributed by atoms with E-state index >= 15 is 0 Å². The first-order chi connectivity index (χ1) is 10.3. The zero-order valence-corrected chi connectivity index (χ0v) is 12.5. The number of halogens is 1. The van der Waals surface area contributed by atoms with E-state index in [9.17, 15) is 0 Å². The van der Waals surface area contributed by atoms with Crippen molar-refractivity contribution in [2.24, 2.45) is 0 Å². The van der Waals surface area contributed by atoms with E-state index in [1.165, 1.54) is 5.56 Å². The third kappa shape index (κ3) is 3.93. The van der Waals surface area contributed by atoms with E-state index in [4.69, 9.17) is 16.3 Å². The Labute approximate surface area is 129 Å². The third-order valence-corrected chi connectivity index (χ3v) is 3.86. The molecule has 1 aromatic carbocycles. The van der Waals surface area contributed by atoms with Crippen molar-refractivity contribution in [3.8, 4) is 5.88 Å². The maximum Gasteiger partial charge on any atom is 0.232 e. The van der Waals surface area contributed by atoms with Gasteiger partial charge in [0.25, 0.3) is 0 Å². The van der Waals surface area contributed by atoms with E-state index in [0.29, 0.717) is 11.8 Å². The maximum atomic E-state index is 5.88. The number of aromatic nitrogens is 2. The van der Waals surface area contributed by atoms with Crippen molar-refractivity contribution in [1.29, 1.82) is 0 Å². The van der Waals surface area contributed by atoms with Crippen molar-refractivity contribution in [1.82, 2.24) is 14.9 Å². The molecular formula is C16H18ClN3O. The van der Waals surface area contributed by atoms with Crippen LogP contribution in [-0.4, -0.2) is 34.1 Å². The molecule has 0 amide bonds. The van der Waals surface area contributed by atoms with Gasteiger partial charge >= 0.3 is 0 Å². The van der Waals surface area contributed by atoms with E-state index in [1.807, 2.05) is 6.07 Å². The molecule has 2 aromatic rings. The SMILES string of the molecule is ClCc1cnc(OC2CCN(Cc3ccccc3)C2)cn1. The maximum absolute atomic E-state index is 5.88. The highest BCUT2D eigenvalue weighted by molar-refractivity contribution is 6.16. The molecule has 110 valence electrons. The van der Waals surface area contributed by atoms with Crippen molar-refractivity contribution in [2.45, 2.75) is 24.9 Å². The lowest BCUT2D eigenvalue weighted by molar-refractivity contribution is 0.190. The van der Waals surface area contributed by atoms with Gasteiger partial charge in [0.05, 0.1) is 24.0 Å². The summed E-state index contributed by atoms with van der Waals surface area (Å²) < 4.78 is 5.88. The fraction of sp³-hybridized carbons (Fsp3) is 0.375. The van der Waals surface area contributed by atoms with Gasteiger partial charge in [-0.15, -0.1) is 11.6 Å². The van der Waals surface area contributed by atoms with Gasteiger partial charge in [-0.2, -0.15) is 0 Å². The minimum Gasteiger partial charge on any atom is -0.472 e. The molecule has 1 unspecified atom stereocenters. The van der Waals surface area contributed by atoms with E-state index in [1.54, 1.807) is 12.4 Å². The molecule has 0 spiro atoms. The molecule has 0 bridgehead atoms. The molecule has 5 heteroatoms. The van der Waals surface area contributed by atoms with Crippen molar-refractivity contribution in [3.63, 3.8) is 0 Å². The van der Waals surface area contributed by atoms with Crippen LogP contribution in [-0.2, 0) is 12.4 Å². The third-order valence-electron chi connectivity index (χ3n) is 3.58. The van der Waals surface area contributed by atoms with Gasteiger partial charge in [0, 0.05) is 19.6 Å². The first kappa shape index (κ1) is 14.3. The van der Waals surface area contributed by atoms with E-state index in [0.717, 1.165) is 31.7 Å². The van der Waals surface area contributed by atoms with Gasteiger partial charge in [-0.05, 0) is 12.0 Å². The molecule has 1 fully saturated rings. The Balaban J connectivity index is 1.52. The van der Waals surface area contributed by atoms with Crippen LogP contribution in [0.3, 0.4) is 0 Å². The Morgan fingerprint density at radius 1 is 1.19 bits per heavy atom. The number of likely N-dealkylation sites (tertiary alicyclic amines) is 1. The van der Waals surface area contributed by atoms with Crippen molar-refractivity contribution in [2.75, 3.05) is 13.1 Å². The molecule has 1 aliphatic heterocycles. The minimum absolute atomic E-state index is 0.185. The molecular weight excluding hydrogens is 286 g/mol. The second-order valence-corrected chi connectivity index (χ2v) is 5.50. The number of rotatable bonds is 5. The zero-order valence-electron chi connectivity index (χ0n) is 11.8. The lowest BCUT2D eigenvalue weighted by Gasteiger charge is -2.16. The van der Waals surface area contributed by atoms with Gasteiger partial charge in [0.15, 0.2) is 0 Å². The highest BCUT2D eigenvalue weighted by atomic mass is 35.5. The number of hydrogen-bond acceptors (Lipinski definition) is 4. The molecule has 2 heterocycles. The Kier molecular flexibility index (Phi) is 4.68. The Bertz CT molecular complexity index is 561. The first-order valence-corrected chi connectivity index (χ1v) is 7.67. The van der Waals surface area contributed by atoms with Crippen LogP contribution in [0.25, 0.3) is 0 Å². The second kappa shape index (κ2) is 6.87. The summed E-state index contributed by atoms with van der Waals surface area (Å²) in [6.07, 6.45) is 4.52. The molecule has 3 rings (SSSR count). The van der Waals surface area contributed by atoms with Gasteiger partial charge in [-0.25, -0.2) is 4.98 Å². The van der Waals surface area contributed by atoms with Crippen LogP contribution in [0.5, 0.6) is 5.88 Å². The molecule has 0 radical (unpaired) electrons. The van der Waals surface area contributed by atoms with Crippen LogP contribution in [0.2, 0.25) is 0 Å². The van der Waals surface area contributed by atoms with Crippen molar-refractivity contribution in [3.05, 3.63) is 54.0 Å².